The Morgan fingerprint density at radius 1 is 1.25 bits per heavy atom. The van der Waals surface area contributed by atoms with E-state index in [-0.39, 0.29) is 16.2 Å². The Balaban J connectivity index is 1.84. The van der Waals surface area contributed by atoms with Crippen LogP contribution < -0.4 is 0 Å². The van der Waals surface area contributed by atoms with Gasteiger partial charge in [-0.1, -0.05) is 6.07 Å². The molecule has 2 heterocycles. The average Bonchev–Trinajstić information content (AvgIpc) is 3.19. The first-order valence-corrected chi connectivity index (χ1v) is 7.56. The van der Waals surface area contributed by atoms with Gasteiger partial charge < -0.3 is 0 Å². The molecule has 106 valence electrons. The van der Waals surface area contributed by atoms with Gasteiger partial charge in [-0.15, -0.1) is 0 Å². The minimum absolute atomic E-state index is 0.0488. The Hall–Kier alpha value is -1.87. The summed E-state index contributed by atoms with van der Waals surface area (Å²) in [6.45, 7) is 0.663. The van der Waals surface area contributed by atoms with Crippen LogP contribution in [0.1, 0.15) is 12.8 Å². The summed E-state index contributed by atoms with van der Waals surface area (Å²) in [4.78, 5) is 10.1. The van der Waals surface area contributed by atoms with Crippen LogP contribution in [0.15, 0.2) is 39.4 Å². The Bertz CT molecular complexity index is 684. The molecule has 1 aromatic carbocycles. The zero-order valence-corrected chi connectivity index (χ0v) is 11.3. The number of sulfonamides is 1. The van der Waals surface area contributed by atoms with Crippen molar-refractivity contribution in [3.8, 4) is 0 Å². The molecule has 1 fully saturated rings. The van der Waals surface area contributed by atoms with Crippen molar-refractivity contribution in [3.05, 3.63) is 34.4 Å². The summed E-state index contributed by atoms with van der Waals surface area (Å²) in [5.41, 5.74) is -0.582. The highest BCUT2D eigenvalue weighted by atomic mass is 32.2. The van der Waals surface area contributed by atoms with Gasteiger partial charge in [0, 0.05) is 38.1 Å². The Morgan fingerprint density at radius 2 is 1.90 bits per heavy atom. The fourth-order valence-corrected chi connectivity index (χ4v) is 3.74. The van der Waals surface area contributed by atoms with Gasteiger partial charge in [0.1, 0.15) is 0 Å². The molecule has 0 N–H and O–H groups in total. The SMILES string of the molecule is O=[N+]([O-])c1cccc(S(=O)(=O)N2CCC3(CC2)N=N3)c1. The van der Waals surface area contributed by atoms with Gasteiger partial charge in [0.25, 0.3) is 5.69 Å². The Morgan fingerprint density at radius 3 is 2.45 bits per heavy atom. The maximum atomic E-state index is 12.4. The fourth-order valence-electron chi connectivity index (χ4n) is 2.26. The number of hydrogen-bond donors (Lipinski definition) is 0. The number of nitrogens with zero attached hydrogens (tertiary/aromatic N) is 4. The highest BCUT2D eigenvalue weighted by Crippen LogP contribution is 2.39. The lowest BCUT2D eigenvalue weighted by Gasteiger charge is -2.28. The van der Waals surface area contributed by atoms with Crippen molar-refractivity contribution in [1.29, 1.82) is 0 Å². The zero-order valence-electron chi connectivity index (χ0n) is 10.5. The number of benzene rings is 1. The monoisotopic (exact) mass is 296 g/mol. The van der Waals surface area contributed by atoms with Crippen LogP contribution in [0.5, 0.6) is 0 Å². The summed E-state index contributed by atoms with van der Waals surface area (Å²) < 4.78 is 26.2. The van der Waals surface area contributed by atoms with Crippen LogP contribution >= 0.6 is 0 Å². The van der Waals surface area contributed by atoms with Crippen LogP contribution in [0.25, 0.3) is 0 Å². The van der Waals surface area contributed by atoms with E-state index in [1.54, 1.807) is 0 Å². The number of non-ortho nitro benzene ring substituents is 1. The molecule has 0 amide bonds. The van der Waals surface area contributed by atoms with Crippen LogP contribution in [0.3, 0.4) is 0 Å². The second-order valence-corrected chi connectivity index (χ2v) is 6.78. The van der Waals surface area contributed by atoms with Crippen LogP contribution in [-0.4, -0.2) is 36.4 Å². The van der Waals surface area contributed by atoms with Crippen molar-refractivity contribution < 1.29 is 13.3 Å². The first-order chi connectivity index (χ1) is 9.43. The second kappa shape index (κ2) is 4.32. The van der Waals surface area contributed by atoms with Crippen molar-refractivity contribution in [1.82, 2.24) is 4.31 Å². The van der Waals surface area contributed by atoms with Crippen LogP contribution in [0.2, 0.25) is 0 Å². The molecule has 1 spiro atoms. The zero-order chi connectivity index (χ0) is 14.4. The van der Waals surface area contributed by atoms with Crippen molar-refractivity contribution in [2.45, 2.75) is 23.4 Å². The number of nitro groups is 1. The molecule has 20 heavy (non-hydrogen) atoms. The summed E-state index contributed by atoms with van der Waals surface area (Å²) in [5, 5.41) is 18.6. The van der Waals surface area contributed by atoms with E-state index in [0.29, 0.717) is 25.9 Å². The van der Waals surface area contributed by atoms with E-state index in [2.05, 4.69) is 10.2 Å². The molecule has 2 aliphatic heterocycles. The van der Waals surface area contributed by atoms with Crippen molar-refractivity contribution in [3.63, 3.8) is 0 Å². The quantitative estimate of drug-likeness (QED) is 0.623. The normalized spacial score (nSPS) is 21.0. The van der Waals surface area contributed by atoms with Gasteiger partial charge in [0.2, 0.25) is 10.0 Å². The lowest BCUT2D eigenvalue weighted by molar-refractivity contribution is -0.385. The predicted octanol–water partition coefficient (Wildman–Crippen LogP) is 1.54. The average molecular weight is 296 g/mol. The van der Waals surface area contributed by atoms with Crippen molar-refractivity contribution >= 4 is 15.7 Å². The number of nitro benzene ring substituents is 1. The minimum atomic E-state index is -3.69. The smallest absolute Gasteiger partial charge is 0.258 e. The molecule has 0 aliphatic carbocycles. The molecular formula is C11H12N4O4S. The first-order valence-electron chi connectivity index (χ1n) is 6.12. The Labute approximate surface area is 115 Å². The molecule has 1 aromatic rings. The van der Waals surface area contributed by atoms with Crippen molar-refractivity contribution in [2.75, 3.05) is 13.1 Å². The van der Waals surface area contributed by atoms with E-state index in [0.717, 1.165) is 6.07 Å². The third-order valence-corrected chi connectivity index (χ3v) is 5.47. The van der Waals surface area contributed by atoms with E-state index < -0.39 is 14.9 Å². The second-order valence-electron chi connectivity index (χ2n) is 4.84. The first kappa shape index (κ1) is 13.1. The topological polar surface area (TPSA) is 105 Å². The molecule has 3 rings (SSSR count). The molecule has 8 nitrogen and oxygen atoms in total. The number of piperidine rings is 1. The third-order valence-electron chi connectivity index (χ3n) is 3.57. The number of hydrogen-bond acceptors (Lipinski definition) is 6. The largest absolute Gasteiger partial charge is 0.270 e. The lowest BCUT2D eigenvalue weighted by atomic mass is 10.0. The molecule has 0 atom stereocenters. The highest BCUT2D eigenvalue weighted by Gasteiger charge is 2.45. The van der Waals surface area contributed by atoms with Crippen LogP contribution in [-0.2, 0) is 10.0 Å². The van der Waals surface area contributed by atoms with Gasteiger partial charge in [-0.3, -0.25) is 10.1 Å². The van der Waals surface area contributed by atoms with Gasteiger partial charge in [-0.25, -0.2) is 8.42 Å². The van der Waals surface area contributed by atoms with Crippen molar-refractivity contribution in [2.24, 2.45) is 10.2 Å². The maximum absolute atomic E-state index is 12.4. The number of rotatable bonds is 3. The van der Waals surface area contributed by atoms with Gasteiger partial charge in [0.05, 0.1) is 9.82 Å². The molecule has 0 bridgehead atoms. The molecule has 0 radical (unpaired) electrons. The van der Waals surface area contributed by atoms with Crippen LogP contribution in [0, 0.1) is 10.1 Å². The molecule has 9 heteroatoms. The molecular weight excluding hydrogens is 284 g/mol. The van der Waals surface area contributed by atoms with Gasteiger partial charge >= 0.3 is 0 Å². The molecule has 0 aromatic heterocycles. The van der Waals surface area contributed by atoms with E-state index >= 15 is 0 Å². The predicted molar refractivity (Wildman–Crippen MR) is 68.7 cm³/mol. The third kappa shape index (κ3) is 2.18. The van der Waals surface area contributed by atoms with Gasteiger partial charge in [0.15, 0.2) is 5.66 Å². The van der Waals surface area contributed by atoms with E-state index in [4.69, 9.17) is 0 Å². The summed E-state index contributed by atoms with van der Waals surface area (Å²) in [6.07, 6.45) is 1.14. The molecule has 0 unspecified atom stereocenters. The lowest BCUT2D eigenvalue weighted by Crippen LogP contribution is -2.41. The highest BCUT2D eigenvalue weighted by molar-refractivity contribution is 7.89. The molecule has 0 saturated carbocycles. The van der Waals surface area contributed by atoms with E-state index in [9.17, 15) is 18.5 Å². The van der Waals surface area contributed by atoms with Gasteiger partial charge in [-0.2, -0.15) is 14.5 Å². The minimum Gasteiger partial charge on any atom is -0.258 e. The standard InChI is InChI=1S/C11H12N4O4S/c16-15(17)9-2-1-3-10(8-9)20(18,19)14-6-4-11(5-7-14)12-13-11/h1-3,8H,4-7H2. The van der Waals surface area contributed by atoms with Gasteiger partial charge in [-0.05, 0) is 6.07 Å². The summed E-state index contributed by atoms with van der Waals surface area (Å²) in [6, 6.07) is 5.11. The summed E-state index contributed by atoms with van der Waals surface area (Å²) in [5.74, 6) is 0. The van der Waals surface area contributed by atoms with E-state index in [1.807, 2.05) is 0 Å². The summed E-state index contributed by atoms with van der Waals surface area (Å²) in [7, 11) is -3.69. The maximum Gasteiger partial charge on any atom is 0.270 e. The molecule has 2 aliphatic rings. The molecule has 1 saturated heterocycles. The Kier molecular flexibility index (Phi) is 2.83. The van der Waals surface area contributed by atoms with E-state index in [1.165, 1.54) is 22.5 Å². The summed E-state index contributed by atoms with van der Waals surface area (Å²) >= 11 is 0. The fraction of sp³-hybridized carbons (Fsp3) is 0.455. The van der Waals surface area contributed by atoms with Crippen LogP contribution in [0.4, 0.5) is 5.69 Å².